The molecule has 5 rings (SSSR count). The molecule has 2 aliphatic heterocycles. The molecular formula is C22H23N7O4. The lowest BCUT2D eigenvalue weighted by molar-refractivity contribution is -0.118. The maximum atomic E-state index is 12.3. The fraction of sp³-hybridized carbons (Fsp3) is 0.455. The Morgan fingerprint density at radius 2 is 2.12 bits per heavy atom. The highest BCUT2D eigenvalue weighted by Gasteiger charge is 2.34. The van der Waals surface area contributed by atoms with Crippen molar-refractivity contribution in [2.24, 2.45) is 5.92 Å². The van der Waals surface area contributed by atoms with E-state index in [4.69, 9.17) is 9.47 Å². The van der Waals surface area contributed by atoms with E-state index in [2.05, 4.69) is 31.7 Å². The highest BCUT2D eigenvalue weighted by atomic mass is 16.6. The van der Waals surface area contributed by atoms with Crippen LogP contribution in [0.3, 0.4) is 0 Å². The molecule has 2 unspecified atom stereocenters. The normalized spacial score (nSPS) is 21.0. The quantitative estimate of drug-likeness (QED) is 0.620. The molecule has 0 aromatic carbocycles. The molecule has 2 aromatic heterocycles. The highest BCUT2D eigenvalue weighted by Crippen LogP contribution is 2.31. The van der Waals surface area contributed by atoms with Crippen molar-refractivity contribution in [1.82, 2.24) is 20.3 Å². The molecule has 1 aliphatic carbocycles. The first kappa shape index (κ1) is 21.1. The molecule has 2 N–H and O–H groups in total. The number of rotatable bonds is 6. The van der Waals surface area contributed by atoms with E-state index in [1.807, 2.05) is 6.92 Å². The Balaban J connectivity index is 1.11. The molecule has 2 atom stereocenters. The van der Waals surface area contributed by atoms with Crippen molar-refractivity contribution in [3.8, 4) is 11.9 Å². The van der Waals surface area contributed by atoms with Gasteiger partial charge >= 0.3 is 6.09 Å². The van der Waals surface area contributed by atoms with Crippen LogP contribution in [0, 0.1) is 24.2 Å². The third kappa shape index (κ3) is 4.17. The zero-order chi connectivity index (χ0) is 22.9. The van der Waals surface area contributed by atoms with Gasteiger partial charge < -0.3 is 20.1 Å². The number of hydrogen-bond acceptors (Lipinski definition) is 9. The minimum atomic E-state index is -0.490. The van der Waals surface area contributed by atoms with Crippen molar-refractivity contribution in [3.05, 3.63) is 34.8 Å². The number of fused-ring (bicyclic) bond motifs is 2. The van der Waals surface area contributed by atoms with Gasteiger partial charge in [0.05, 0.1) is 18.3 Å². The number of ether oxygens (including phenoxy) is 2. The first-order chi connectivity index (χ1) is 16.0. The number of cyclic esters (lactones) is 1. The minimum Gasteiger partial charge on any atom is -0.465 e. The summed E-state index contributed by atoms with van der Waals surface area (Å²) in [6, 6.07) is 2.25. The van der Waals surface area contributed by atoms with E-state index in [-0.39, 0.29) is 30.3 Å². The van der Waals surface area contributed by atoms with Gasteiger partial charge in [0.25, 0.3) is 11.8 Å². The molecule has 2 amide bonds. The lowest BCUT2D eigenvalue weighted by Crippen LogP contribution is -2.30. The molecule has 3 aliphatic rings. The lowest BCUT2D eigenvalue weighted by Gasteiger charge is -2.18. The van der Waals surface area contributed by atoms with Crippen LogP contribution in [0.15, 0.2) is 12.4 Å². The molecule has 11 nitrogen and oxygen atoms in total. The SMILES string of the molecule is Cc1ncc(C#N)c2c1CC(CNCCC1CN(c3cnc4c(n3)NC(=O)CO4)C(=O)O1)C2. The van der Waals surface area contributed by atoms with E-state index in [0.717, 1.165) is 30.6 Å². The summed E-state index contributed by atoms with van der Waals surface area (Å²) in [5.74, 6) is 0.835. The molecule has 33 heavy (non-hydrogen) atoms. The molecule has 1 fully saturated rings. The topological polar surface area (TPSA) is 142 Å². The van der Waals surface area contributed by atoms with Gasteiger partial charge in [0.1, 0.15) is 12.2 Å². The second kappa shape index (κ2) is 8.63. The third-order valence-electron chi connectivity index (χ3n) is 6.17. The van der Waals surface area contributed by atoms with Gasteiger partial charge in [-0.3, -0.25) is 14.7 Å². The predicted octanol–water partition coefficient (Wildman–Crippen LogP) is 1.10. The molecule has 0 saturated carbocycles. The zero-order valence-electron chi connectivity index (χ0n) is 18.1. The van der Waals surface area contributed by atoms with Crippen LogP contribution >= 0.6 is 0 Å². The maximum absolute atomic E-state index is 12.3. The molecule has 2 aromatic rings. The molecule has 4 heterocycles. The molecule has 11 heteroatoms. The monoisotopic (exact) mass is 449 g/mol. The number of nitriles is 1. The number of carbonyl (C=O) groups is 2. The maximum Gasteiger partial charge on any atom is 0.415 e. The smallest absolute Gasteiger partial charge is 0.415 e. The van der Waals surface area contributed by atoms with Gasteiger partial charge in [-0.2, -0.15) is 5.26 Å². The summed E-state index contributed by atoms with van der Waals surface area (Å²) in [5, 5.41) is 15.4. The van der Waals surface area contributed by atoms with Crippen LogP contribution in [0.4, 0.5) is 16.4 Å². The fourth-order valence-electron chi connectivity index (χ4n) is 4.51. The number of amides is 2. The number of aryl methyl sites for hydroxylation is 1. The second-order valence-corrected chi connectivity index (χ2v) is 8.43. The average Bonchev–Trinajstić information content (AvgIpc) is 3.40. The van der Waals surface area contributed by atoms with Crippen LogP contribution in [0.2, 0.25) is 0 Å². The van der Waals surface area contributed by atoms with Crippen molar-refractivity contribution in [2.75, 3.05) is 36.5 Å². The van der Waals surface area contributed by atoms with Gasteiger partial charge in [0.2, 0.25) is 0 Å². The summed E-state index contributed by atoms with van der Waals surface area (Å²) >= 11 is 0. The van der Waals surface area contributed by atoms with Gasteiger partial charge in [0.15, 0.2) is 18.2 Å². The van der Waals surface area contributed by atoms with E-state index in [1.165, 1.54) is 16.7 Å². The summed E-state index contributed by atoms with van der Waals surface area (Å²) in [6.45, 7) is 3.75. The number of nitrogens with one attached hydrogen (secondary N) is 2. The van der Waals surface area contributed by atoms with Gasteiger partial charge in [-0.25, -0.2) is 14.8 Å². The van der Waals surface area contributed by atoms with Crippen LogP contribution < -0.4 is 20.3 Å². The number of carbonyl (C=O) groups excluding carboxylic acids is 2. The average molecular weight is 449 g/mol. The van der Waals surface area contributed by atoms with Gasteiger partial charge in [-0.05, 0) is 56.3 Å². The van der Waals surface area contributed by atoms with E-state index in [1.54, 1.807) is 6.20 Å². The van der Waals surface area contributed by atoms with E-state index in [0.29, 0.717) is 36.8 Å². The molecule has 0 radical (unpaired) electrons. The summed E-state index contributed by atoms with van der Waals surface area (Å²) in [5.41, 5.74) is 4.01. The van der Waals surface area contributed by atoms with Crippen molar-refractivity contribution >= 4 is 23.6 Å². The van der Waals surface area contributed by atoms with E-state index in [9.17, 15) is 14.9 Å². The number of pyridine rings is 1. The Morgan fingerprint density at radius 3 is 2.97 bits per heavy atom. The van der Waals surface area contributed by atoms with Crippen molar-refractivity contribution in [3.63, 3.8) is 0 Å². The predicted molar refractivity (Wildman–Crippen MR) is 116 cm³/mol. The number of anilines is 2. The van der Waals surface area contributed by atoms with Crippen molar-refractivity contribution in [2.45, 2.75) is 32.3 Å². The van der Waals surface area contributed by atoms with Crippen LogP contribution in [0.25, 0.3) is 0 Å². The Morgan fingerprint density at radius 1 is 1.27 bits per heavy atom. The Bertz CT molecular complexity index is 1160. The van der Waals surface area contributed by atoms with E-state index >= 15 is 0 Å². The third-order valence-corrected chi connectivity index (χ3v) is 6.17. The first-order valence-electron chi connectivity index (χ1n) is 10.9. The van der Waals surface area contributed by atoms with E-state index < -0.39 is 6.09 Å². The molecule has 170 valence electrons. The van der Waals surface area contributed by atoms with Gasteiger partial charge in [-0.1, -0.05) is 0 Å². The van der Waals surface area contributed by atoms with Crippen molar-refractivity contribution < 1.29 is 19.1 Å². The standard InChI is InChI=1S/C22H23N7O4/c1-12-16-4-13(5-17(16)14(6-23)8-25-12)7-24-3-2-15-10-29(22(31)33-15)18-9-26-21-20(27-18)28-19(30)11-32-21/h8-9,13,15,24H,2-5,7,10-11H2,1H3,(H,27,28,30). The van der Waals surface area contributed by atoms with Crippen LogP contribution in [0.5, 0.6) is 5.88 Å². The molecule has 0 bridgehead atoms. The number of nitrogens with zero attached hydrogens (tertiary/aromatic N) is 5. The first-order valence-corrected chi connectivity index (χ1v) is 10.9. The molecule has 0 spiro atoms. The highest BCUT2D eigenvalue weighted by molar-refractivity contribution is 5.94. The van der Waals surface area contributed by atoms with Gasteiger partial charge in [-0.15, -0.1) is 0 Å². The number of hydrogen-bond donors (Lipinski definition) is 2. The number of aromatic nitrogens is 3. The molecular weight excluding hydrogens is 426 g/mol. The molecule has 1 saturated heterocycles. The summed E-state index contributed by atoms with van der Waals surface area (Å²) in [6.07, 6.45) is 4.78. The largest absolute Gasteiger partial charge is 0.465 e. The Labute approximate surface area is 190 Å². The van der Waals surface area contributed by atoms with Crippen LogP contribution in [-0.2, 0) is 22.4 Å². The Kier molecular flexibility index (Phi) is 5.51. The van der Waals surface area contributed by atoms with Crippen LogP contribution in [-0.4, -0.2) is 59.3 Å². The summed E-state index contributed by atoms with van der Waals surface area (Å²) in [4.78, 5) is 38.0. The van der Waals surface area contributed by atoms with Crippen molar-refractivity contribution in [1.29, 1.82) is 5.26 Å². The van der Waals surface area contributed by atoms with Crippen LogP contribution in [0.1, 0.15) is 28.8 Å². The Hall–Kier alpha value is -3.78. The summed E-state index contributed by atoms with van der Waals surface area (Å²) < 4.78 is 10.7. The lowest BCUT2D eigenvalue weighted by atomic mass is 10.0. The summed E-state index contributed by atoms with van der Waals surface area (Å²) in [7, 11) is 0. The zero-order valence-corrected chi connectivity index (χ0v) is 18.1. The minimum absolute atomic E-state index is 0.106. The second-order valence-electron chi connectivity index (χ2n) is 8.43. The fourth-order valence-corrected chi connectivity index (χ4v) is 4.51. The van der Waals surface area contributed by atoms with Gasteiger partial charge in [0, 0.05) is 11.9 Å².